The van der Waals surface area contributed by atoms with E-state index in [4.69, 9.17) is 14.2 Å². The standard InChI is InChI=1S/C43H47F2N9O7/c1-21(2)35(50-42(57)59-5)40(55)52-13-7-9-30(52)38-46-18-27(48-38)23-11-12-29-25(15-23)34(45)37-33-26(44)16-24(17-32(33)61-20-54(29)37)28-19-47-39(49-28)31-10-8-14-53(31)41(56)36(22(3)4)51-43(58)60-6/h11-12,15-19,21-22,30-31,35-36H,1,7-10,13-14,20H2,2-6H3,(H3-,46,47,48,49,50,51,57,58)/p+1. The number of rotatable bonds is 10. The molecule has 5 unspecified atom stereocenters. The van der Waals surface area contributed by atoms with Crippen molar-refractivity contribution in [3.05, 3.63) is 72.9 Å². The van der Waals surface area contributed by atoms with Crippen LogP contribution in [0.3, 0.4) is 0 Å². The van der Waals surface area contributed by atoms with Gasteiger partial charge in [0.05, 0.1) is 73.8 Å². The van der Waals surface area contributed by atoms with Crippen molar-refractivity contribution < 1.29 is 42.2 Å². The highest BCUT2D eigenvalue weighted by Crippen LogP contribution is 2.45. The number of aromatic amines is 2. The number of hydrogen-bond acceptors (Lipinski definition) is 9. The molecule has 2 saturated heterocycles. The summed E-state index contributed by atoms with van der Waals surface area (Å²) < 4.78 is 50.0. The van der Waals surface area contributed by atoms with Gasteiger partial charge in [-0.2, -0.15) is 0 Å². The van der Waals surface area contributed by atoms with Crippen molar-refractivity contribution in [2.45, 2.75) is 77.4 Å². The van der Waals surface area contributed by atoms with Crippen LogP contribution in [0.15, 0.2) is 42.7 Å². The van der Waals surface area contributed by atoms with Gasteiger partial charge >= 0.3 is 12.2 Å². The number of methoxy groups -OCH3 is 2. The molecule has 8 rings (SSSR count). The van der Waals surface area contributed by atoms with E-state index in [1.807, 2.05) is 19.9 Å². The van der Waals surface area contributed by atoms with Gasteiger partial charge in [-0.1, -0.05) is 19.9 Å². The number of H-pyrrole nitrogens is 2. The molecule has 320 valence electrons. The Hall–Kier alpha value is -6.59. The van der Waals surface area contributed by atoms with Crippen LogP contribution in [-0.4, -0.2) is 97.7 Å². The molecule has 0 bridgehead atoms. The summed E-state index contributed by atoms with van der Waals surface area (Å²) in [5, 5.41) is 5.49. The van der Waals surface area contributed by atoms with Gasteiger partial charge in [-0.25, -0.2) is 28.3 Å². The molecule has 4 amide bonds. The van der Waals surface area contributed by atoms with E-state index in [9.17, 15) is 19.2 Å². The fraction of sp³-hybridized carbons (Fsp3) is 0.419. The zero-order valence-electron chi connectivity index (χ0n) is 34.5. The van der Waals surface area contributed by atoms with Crippen LogP contribution < -0.4 is 15.4 Å². The van der Waals surface area contributed by atoms with Gasteiger partial charge in [-0.15, -0.1) is 0 Å². The Morgan fingerprint density at radius 2 is 1.41 bits per heavy atom. The van der Waals surface area contributed by atoms with Crippen molar-refractivity contribution in [2.24, 2.45) is 11.8 Å². The predicted molar refractivity (Wildman–Crippen MR) is 218 cm³/mol. The Bertz CT molecular complexity index is 2510. The average molecular weight is 841 g/mol. The molecular weight excluding hydrogens is 793 g/mol. The van der Waals surface area contributed by atoms with Crippen LogP contribution in [0.25, 0.3) is 44.7 Å². The Labute approximate surface area is 350 Å². The molecule has 16 nitrogen and oxygen atoms in total. The van der Waals surface area contributed by atoms with Crippen molar-refractivity contribution in [3.63, 3.8) is 0 Å². The molecule has 2 fully saturated rings. The molecular formula is C43H48F2N9O7+. The summed E-state index contributed by atoms with van der Waals surface area (Å²) in [6.07, 6.45) is 4.55. The fourth-order valence-corrected chi connectivity index (χ4v) is 8.70. The van der Waals surface area contributed by atoms with Crippen LogP contribution in [0.2, 0.25) is 0 Å². The summed E-state index contributed by atoms with van der Waals surface area (Å²) in [4.78, 5) is 70.3. The van der Waals surface area contributed by atoms with Gasteiger partial charge in [-0.05, 0) is 62.8 Å². The zero-order chi connectivity index (χ0) is 43.3. The largest absolute Gasteiger partial charge is 0.472 e. The molecule has 3 aliphatic rings. The summed E-state index contributed by atoms with van der Waals surface area (Å²) in [6.45, 7) is 10.3. The quantitative estimate of drug-likeness (QED) is 0.112. The molecule has 18 heteroatoms. The molecule has 0 saturated carbocycles. The molecule has 6 heterocycles. The maximum absolute atomic E-state index is 16.6. The maximum atomic E-state index is 16.6. The number of carbonyl (C=O) groups is 4. The Morgan fingerprint density at radius 1 is 0.836 bits per heavy atom. The Balaban J connectivity index is 1.03. The number of halogens is 2. The first kappa shape index (κ1) is 41.2. The summed E-state index contributed by atoms with van der Waals surface area (Å²) >= 11 is 0. The molecule has 3 aliphatic heterocycles. The van der Waals surface area contributed by atoms with E-state index in [0.717, 1.165) is 12.8 Å². The first-order valence-electron chi connectivity index (χ1n) is 20.3. The molecule has 5 atom stereocenters. The van der Waals surface area contributed by atoms with Gasteiger partial charge in [0.1, 0.15) is 35.2 Å². The van der Waals surface area contributed by atoms with Gasteiger partial charge in [0.25, 0.3) is 5.91 Å². The number of imidazole rings is 2. The lowest BCUT2D eigenvalue weighted by atomic mass is 10.0. The van der Waals surface area contributed by atoms with Crippen molar-refractivity contribution in [1.29, 1.82) is 0 Å². The third-order valence-corrected chi connectivity index (χ3v) is 11.8. The second-order valence-corrected chi connectivity index (χ2v) is 16.1. The molecule has 5 aromatic rings. The normalized spacial score (nSPS) is 18.6. The first-order chi connectivity index (χ1) is 29.3. The number of nitrogens with one attached hydrogen (secondary N) is 4. The topological polar surface area (TPSA) is 189 Å². The van der Waals surface area contributed by atoms with E-state index in [-0.39, 0.29) is 58.9 Å². The zero-order valence-corrected chi connectivity index (χ0v) is 34.5. The first-order valence-corrected chi connectivity index (χ1v) is 20.3. The highest BCUT2D eigenvalue weighted by molar-refractivity contribution is 5.93. The number of aromatic nitrogens is 5. The minimum Gasteiger partial charge on any atom is -0.472 e. The number of amides is 4. The number of hydrogen-bond donors (Lipinski definition) is 4. The highest BCUT2D eigenvalue weighted by atomic mass is 19.1. The monoisotopic (exact) mass is 840 g/mol. The van der Waals surface area contributed by atoms with Crippen molar-refractivity contribution in [2.75, 3.05) is 27.3 Å². The number of likely N-dealkylation sites (tertiary alicyclic amines) is 2. The van der Waals surface area contributed by atoms with Gasteiger partial charge in [0.15, 0.2) is 18.6 Å². The number of fused-ring (bicyclic) bond motifs is 5. The predicted octanol–water partition coefficient (Wildman–Crippen LogP) is 6.62. The van der Waals surface area contributed by atoms with E-state index in [1.165, 1.54) is 20.3 Å². The summed E-state index contributed by atoms with van der Waals surface area (Å²) in [7, 11) is 2.48. The average Bonchev–Trinajstić information content (AvgIpc) is 4.11. The fourth-order valence-electron chi connectivity index (χ4n) is 8.70. The molecule has 2 aromatic carbocycles. The van der Waals surface area contributed by atoms with E-state index in [2.05, 4.69) is 37.5 Å². The summed E-state index contributed by atoms with van der Waals surface area (Å²) in [6, 6.07) is 5.75. The minimum atomic E-state index is -0.882. The molecule has 3 aromatic heterocycles. The summed E-state index contributed by atoms with van der Waals surface area (Å²) in [5.41, 5.74) is 2.71. The molecule has 0 aliphatic carbocycles. The lowest BCUT2D eigenvalue weighted by Crippen LogP contribution is -2.51. The molecule has 4 N–H and O–H groups in total. The van der Waals surface area contributed by atoms with E-state index >= 15 is 8.78 Å². The van der Waals surface area contributed by atoms with Crippen LogP contribution in [0.4, 0.5) is 18.4 Å². The highest BCUT2D eigenvalue weighted by Gasteiger charge is 2.40. The second-order valence-electron chi connectivity index (χ2n) is 16.1. The van der Waals surface area contributed by atoms with Crippen LogP contribution in [0.1, 0.15) is 70.2 Å². The maximum Gasteiger partial charge on any atom is 0.407 e. The lowest BCUT2D eigenvalue weighted by molar-refractivity contribution is -0.136. The van der Waals surface area contributed by atoms with E-state index in [0.29, 0.717) is 65.6 Å². The third-order valence-electron chi connectivity index (χ3n) is 11.8. The van der Waals surface area contributed by atoms with Crippen LogP contribution in [0, 0.1) is 30.4 Å². The summed E-state index contributed by atoms with van der Waals surface area (Å²) in [5.74, 6) is -1.22. The Morgan fingerprint density at radius 3 is 1.98 bits per heavy atom. The number of nitrogens with zero attached hydrogens (tertiary/aromatic N) is 5. The van der Waals surface area contributed by atoms with Crippen LogP contribution in [0.5, 0.6) is 5.75 Å². The van der Waals surface area contributed by atoms with Gasteiger partial charge in [-0.3, -0.25) is 9.59 Å². The van der Waals surface area contributed by atoms with Gasteiger partial charge in [0.2, 0.25) is 5.91 Å². The Kier molecular flexibility index (Phi) is 11.1. The van der Waals surface area contributed by atoms with Crippen molar-refractivity contribution in [3.8, 4) is 39.5 Å². The molecule has 0 spiro atoms. The lowest BCUT2D eigenvalue weighted by Gasteiger charge is -2.30. The second kappa shape index (κ2) is 16.5. The van der Waals surface area contributed by atoms with Crippen LogP contribution in [-0.2, 0) is 25.8 Å². The molecule has 61 heavy (non-hydrogen) atoms. The number of ether oxygens (including phenoxy) is 3. The van der Waals surface area contributed by atoms with E-state index < -0.39 is 41.8 Å². The minimum absolute atomic E-state index is 0.0122. The van der Waals surface area contributed by atoms with Crippen LogP contribution >= 0.6 is 0 Å². The van der Waals surface area contributed by atoms with Gasteiger partial charge in [0, 0.05) is 29.6 Å². The number of carbonyl (C=O) groups excluding carboxylic acids is 4. The van der Waals surface area contributed by atoms with Crippen molar-refractivity contribution >= 4 is 34.9 Å². The molecule has 0 radical (unpaired) electrons. The number of benzene rings is 2. The smallest absolute Gasteiger partial charge is 0.407 e. The SMILES string of the molecule is [CH2+]C(C)C(NC(=O)OC)C(=O)N1CCCC1c1ncc(-c2ccc3c(c2)c(F)c2n3COc3cc(-c4cnc(C5CCCN5C(=O)C(NC(=O)OC)C(C)C)[nH]4)cc(F)c3-2)[nH]1. The third kappa shape index (κ3) is 7.48. The van der Waals surface area contributed by atoms with Gasteiger partial charge < -0.3 is 49.2 Å². The van der Waals surface area contributed by atoms with E-state index in [1.54, 1.807) is 51.9 Å². The number of alkyl carbamates (subject to hydrolysis) is 2. The van der Waals surface area contributed by atoms with Crippen molar-refractivity contribution in [1.82, 2.24) is 44.9 Å².